The van der Waals surface area contributed by atoms with Gasteiger partial charge in [-0.25, -0.2) is 0 Å². The Balaban J connectivity index is 1.36. The van der Waals surface area contributed by atoms with Gasteiger partial charge in [0.2, 0.25) is 17.7 Å². The molecule has 9 nitrogen and oxygen atoms in total. The number of imide groups is 1. The summed E-state index contributed by atoms with van der Waals surface area (Å²) in [4.78, 5) is 50.2. The van der Waals surface area contributed by atoms with Gasteiger partial charge in [-0.3, -0.25) is 24.1 Å². The highest BCUT2D eigenvalue weighted by atomic mass is 16.5. The summed E-state index contributed by atoms with van der Waals surface area (Å²) in [7, 11) is 1.76. The number of nitrogens with zero attached hydrogens (tertiary/aromatic N) is 2. The standard InChI is InChI=1S/C26H44N2O7/c1-21(29)27(2)13-17-33-14-3-4-15-34-18-19-35-16-5-6-24(30)23-9-7-22(8-10-23)20-28-25(31)11-12-26(28)32/h22-23H,3-20H2,1-2H3. The van der Waals surface area contributed by atoms with Crippen LogP contribution in [-0.4, -0.2) is 93.1 Å². The zero-order chi connectivity index (χ0) is 25.5. The Bertz CT molecular complexity index is 661. The van der Waals surface area contributed by atoms with Crippen LogP contribution < -0.4 is 0 Å². The highest BCUT2D eigenvalue weighted by Gasteiger charge is 2.33. The molecule has 0 radical (unpaired) electrons. The average molecular weight is 497 g/mol. The first-order valence-corrected chi connectivity index (χ1v) is 13.2. The second kappa shape index (κ2) is 16.8. The summed E-state index contributed by atoms with van der Waals surface area (Å²) in [6.45, 7) is 6.21. The van der Waals surface area contributed by atoms with Crippen molar-refractivity contribution < 1.29 is 33.4 Å². The third kappa shape index (κ3) is 11.6. The number of carbonyl (C=O) groups is 4. The van der Waals surface area contributed by atoms with Crippen molar-refractivity contribution in [3.8, 4) is 0 Å². The summed E-state index contributed by atoms with van der Waals surface area (Å²) in [6.07, 6.45) is 7.33. The molecule has 3 amide bonds. The van der Waals surface area contributed by atoms with Crippen LogP contribution in [0.1, 0.15) is 71.1 Å². The molecule has 0 spiro atoms. The molecule has 0 aromatic carbocycles. The van der Waals surface area contributed by atoms with Gasteiger partial charge in [-0.1, -0.05) is 0 Å². The van der Waals surface area contributed by atoms with Gasteiger partial charge in [0.1, 0.15) is 5.78 Å². The molecule has 0 N–H and O–H groups in total. The second-order valence-electron chi connectivity index (χ2n) is 9.67. The van der Waals surface area contributed by atoms with Crippen molar-refractivity contribution in [2.75, 3.05) is 59.8 Å². The van der Waals surface area contributed by atoms with Crippen LogP contribution >= 0.6 is 0 Å². The lowest BCUT2D eigenvalue weighted by molar-refractivity contribution is -0.139. The third-order valence-corrected chi connectivity index (χ3v) is 6.92. The van der Waals surface area contributed by atoms with Crippen molar-refractivity contribution in [2.45, 2.75) is 71.1 Å². The van der Waals surface area contributed by atoms with Crippen molar-refractivity contribution in [1.29, 1.82) is 0 Å². The van der Waals surface area contributed by atoms with Crippen molar-refractivity contribution in [1.82, 2.24) is 9.80 Å². The lowest BCUT2D eigenvalue weighted by Gasteiger charge is -2.30. The predicted octanol–water partition coefficient (Wildman–Crippen LogP) is 2.60. The van der Waals surface area contributed by atoms with Crippen LogP contribution in [0.3, 0.4) is 0 Å². The number of rotatable bonds is 18. The monoisotopic (exact) mass is 496 g/mol. The fourth-order valence-corrected chi connectivity index (χ4v) is 4.50. The number of hydrogen-bond acceptors (Lipinski definition) is 7. The maximum atomic E-state index is 12.5. The highest BCUT2D eigenvalue weighted by Crippen LogP contribution is 2.31. The number of hydrogen-bond donors (Lipinski definition) is 0. The highest BCUT2D eigenvalue weighted by molar-refractivity contribution is 6.01. The number of ketones is 1. The molecule has 9 heteroatoms. The first-order valence-electron chi connectivity index (χ1n) is 13.2. The molecule has 35 heavy (non-hydrogen) atoms. The maximum absolute atomic E-state index is 12.5. The van der Waals surface area contributed by atoms with Gasteiger partial charge in [0.15, 0.2) is 0 Å². The van der Waals surface area contributed by atoms with Gasteiger partial charge in [0, 0.05) is 72.1 Å². The Kier molecular flexibility index (Phi) is 14.1. The molecule has 0 bridgehead atoms. The van der Waals surface area contributed by atoms with E-state index in [9.17, 15) is 19.2 Å². The average Bonchev–Trinajstić information content (AvgIpc) is 3.16. The molecule has 0 atom stereocenters. The lowest BCUT2D eigenvalue weighted by atomic mass is 9.79. The molecule has 0 unspecified atom stereocenters. The van der Waals surface area contributed by atoms with E-state index in [1.807, 2.05) is 0 Å². The summed E-state index contributed by atoms with van der Waals surface area (Å²) in [5, 5.41) is 0. The Morgan fingerprint density at radius 1 is 0.829 bits per heavy atom. The van der Waals surface area contributed by atoms with Crippen molar-refractivity contribution in [3.63, 3.8) is 0 Å². The topological polar surface area (TPSA) is 102 Å². The molecule has 1 aliphatic heterocycles. The van der Waals surface area contributed by atoms with Gasteiger partial charge < -0.3 is 19.1 Å². The third-order valence-electron chi connectivity index (χ3n) is 6.92. The SMILES string of the molecule is CC(=O)N(C)CCOCCCCOCCOCCCC(=O)C1CCC(CN2C(=O)CCC2=O)CC1. The molecular formula is C26H44N2O7. The predicted molar refractivity (Wildman–Crippen MR) is 131 cm³/mol. The number of carbonyl (C=O) groups excluding carboxylic acids is 4. The fraction of sp³-hybridized carbons (Fsp3) is 0.846. The second-order valence-corrected chi connectivity index (χ2v) is 9.67. The Morgan fingerprint density at radius 2 is 1.37 bits per heavy atom. The first-order chi connectivity index (χ1) is 16.9. The summed E-state index contributed by atoms with van der Waals surface area (Å²) in [5.74, 6) is 0.707. The molecule has 0 aromatic rings. The summed E-state index contributed by atoms with van der Waals surface area (Å²) >= 11 is 0. The number of ether oxygens (including phenoxy) is 3. The Hall–Kier alpha value is -1.84. The van der Waals surface area contributed by atoms with Crippen molar-refractivity contribution >= 4 is 23.5 Å². The largest absolute Gasteiger partial charge is 0.380 e. The minimum atomic E-state index is -0.0461. The van der Waals surface area contributed by atoms with Crippen LogP contribution in [0.2, 0.25) is 0 Å². The number of unbranched alkanes of at least 4 members (excludes halogenated alkanes) is 1. The van der Waals surface area contributed by atoms with E-state index in [1.54, 1.807) is 18.9 Å². The lowest BCUT2D eigenvalue weighted by Crippen LogP contribution is -2.36. The van der Waals surface area contributed by atoms with Crippen LogP contribution in [0.15, 0.2) is 0 Å². The molecule has 2 fully saturated rings. The van der Waals surface area contributed by atoms with Gasteiger partial charge in [0.05, 0.1) is 19.8 Å². The number of likely N-dealkylation sites (tertiary alicyclic amines) is 1. The van der Waals surface area contributed by atoms with Crippen LogP contribution in [0.5, 0.6) is 0 Å². The zero-order valence-electron chi connectivity index (χ0n) is 21.6. The van der Waals surface area contributed by atoms with E-state index in [2.05, 4.69) is 0 Å². The van der Waals surface area contributed by atoms with Gasteiger partial charge in [0.25, 0.3) is 0 Å². The minimum Gasteiger partial charge on any atom is -0.380 e. The summed E-state index contributed by atoms with van der Waals surface area (Å²) < 4.78 is 16.6. The van der Waals surface area contributed by atoms with E-state index < -0.39 is 0 Å². The van der Waals surface area contributed by atoms with E-state index >= 15 is 0 Å². The van der Waals surface area contributed by atoms with E-state index in [-0.39, 0.29) is 23.6 Å². The zero-order valence-corrected chi connectivity index (χ0v) is 21.6. The molecule has 0 aromatic heterocycles. The van der Waals surface area contributed by atoms with Crippen molar-refractivity contribution in [3.05, 3.63) is 0 Å². The molecular weight excluding hydrogens is 452 g/mol. The molecule has 2 aliphatic rings. The molecule has 200 valence electrons. The molecule has 1 aliphatic carbocycles. The summed E-state index contributed by atoms with van der Waals surface area (Å²) in [5.41, 5.74) is 0. The fourth-order valence-electron chi connectivity index (χ4n) is 4.50. The van der Waals surface area contributed by atoms with E-state index in [4.69, 9.17) is 14.2 Å². The van der Waals surface area contributed by atoms with Gasteiger partial charge >= 0.3 is 0 Å². The van der Waals surface area contributed by atoms with Gasteiger partial charge in [-0.2, -0.15) is 0 Å². The number of amides is 3. The van der Waals surface area contributed by atoms with Crippen molar-refractivity contribution in [2.24, 2.45) is 11.8 Å². The Labute approximate surface area is 209 Å². The van der Waals surface area contributed by atoms with Crippen LogP contribution in [0, 0.1) is 11.8 Å². The smallest absolute Gasteiger partial charge is 0.229 e. The number of likely N-dealkylation sites (N-methyl/N-ethyl adjacent to an activating group) is 1. The summed E-state index contributed by atoms with van der Waals surface area (Å²) in [6, 6.07) is 0. The molecule has 1 saturated heterocycles. The quantitative estimate of drug-likeness (QED) is 0.212. The molecule has 2 rings (SSSR count). The molecule has 1 saturated carbocycles. The van der Waals surface area contributed by atoms with Gasteiger partial charge in [-0.05, 0) is 50.9 Å². The first kappa shape index (κ1) is 29.4. The van der Waals surface area contributed by atoms with Crippen LogP contribution in [0.25, 0.3) is 0 Å². The Morgan fingerprint density at radius 3 is 1.94 bits per heavy atom. The van der Waals surface area contributed by atoms with Crippen LogP contribution in [-0.2, 0) is 33.4 Å². The van der Waals surface area contributed by atoms with Crippen LogP contribution in [0.4, 0.5) is 0 Å². The normalized spacial score (nSPS) is 20.5. The van der Waals surface area contributed by atoms with E-state index in [1.165, 1.54) is 4.90 Å². The minimum absolute atomic E-state index is 0.0438. The van der Waals surface area contributed by atoms with E-state index in [0.29, 0.717) is 83.7 Å². The number of Topliss-reactive ketones (excluding diaryl/α,β-unsaturated/α-hetero) is 1. The van der Waals surface area contributed by atoms with E-state index in [0.717, 1.165) is 44.9 Å². The molecule has 1 heterocycles. The maximum Gasteiger partial charge on any atom is 0.229 e. The van der Waals surface area contributed by atoms with Gasteiger partial charge in [-0.15, -0.1) is 0 Å².